The van der Waals surface area contributed by atoms with Crippen LogP contribution in [-0.2, 0) is 47.7 Å². The highest BCUT2D eigenvalue weighted by molar-refractivity contribution is 8.76. The molecule has 87 heavy (non-hydrogen) atoms. The lowest BCUT2D eigenvalue weighted by molar-refractivity contribution is -0.146. The van der Waals surface area contributed by atoms with Gasteiger partial charge in [-0.1, -0.05) is 153 Å². The van der Waals surface area contributed by atoms with E-state index in [4.69, 9.17) is 23.7 Å². The summed E-state index contributed by atoms with van der Waals surface area (Å²) in [6, 6.07) is 0. The van der Waals surface area contributed by atoms with Crippen molar-refractivity contribution >= 4 is 51.4 Å². The lowest BCUT2D eigenvalue weighted by atomic mass is 10.1. The monoisotopic (exact) mass is 1280 g/mol. The number of aliphatic hydroxyl groups excluding tert-OH is 4. The van der Waals surface area contributed by atoms with E-state index in [0.717, 1.165) is 160 Å². The van der Waals surface area contributed by atoms with Crippen molar-refractivity contribution in [3.05, 3.63) is 0 Å². The van der Waals surface area contributed by atoms with Crippen molar-refractivity contribution in [3.8, 4) is 0 Å². The quantitative estimate of drug-likeness (QED) is 0.0192. The first-order valence-corrected chi connectivity index (χ1v) is 37.3. The van der Waals surface area contributed by atoms with Gasteiger partial charge in [-0.05, 0) is 102 Å². The van der Waals surface area contributed by atoms with E-state index in [0.29, 0.717) is 168 Å². The van der Waals surface area contributed by atoms with Crippen molar-refractivity contribution in [1.29, 1.82) is 0 Å². The van der Waals surface area contributed by atoms with Crippen LogP contribution in [0.3, 0.4) is 0 Å². The fourth-order valence-electron chi connectivity index (χ4n) is 10.5. The summed E-state index contributed by atoms with van der Waals surface area (Å²) in [4.78, 5) is 70.4. The van der Waals surface area contributed by atoms with E-state index < -0.39 is 24.4 Å². The number of rotatable bonds is 61. The Morgan fingerprint density at radius 2 is 0.701 bits per heavy atom. The summed E-state index contributed by atoms with van der Waals surface area (Å²) >= 11 is 0. The fraction of sp³-hybridized carbons (Fsp3) is 0.925. The van der Waals surface area contributed by atoms with Crippen LogP contribution in [0.1, 0.15) is 241 Å². The lowest BCUT2D eigenvalue weighted by Gasteiger charge is -2.34. The number of unbranched alkanes of at least 4 members (excludes halogenated alkanes) is 10. The maximum Gasteiger partial charge on any atom is 0.305 e. The summed E-state index contributed by atoms with van der Waals surface area (Å²) < 4.78 is 27.1. The first-order chi connectivity index (χ1) is 42.1. The molecule has 1 rings (SSSR count). The molecule has 0 bridgehead atoms. The second kappa shape index (κ2) is 57.6. The Hall–Kier alpha value is -2.27. The van der Waals surface area contributed by atoms with Crippen LogP contribution in [0.5, 0.6) is 0 Å². The molecule has 4 atom stereocenters. The van der Waals surface area contributed by atoms with Gasteiger partial charge >= 0.3 is 29.8 Å². The molecule has 20 heteroatoms. The third kappa shape index (κ3) is 50.0. The molecule has 1 fully saturated rings. The van der Waals surface area contributed by atoms with Crippen molar-refractivity contribution in [2.75, 3.05) is 123 Å². The zero-order chi connectivity index (χ0) is 64.0. The summed E-state index contributed by atoms with van der Waals surface area (Å²) in [5.41, 5.74) is 0. The standard InChI is InChI=1S/C67H128N4O14S2/c1-7-13-46-81-63(76)33-21-17-15-19-29-59(72)53-71(54-60(73)30-20-16-18-22-34-64(77)82-47-14-8-2)39-28-49-86-87-50-45-69-42-40-68(41-43-69)44-48-83-65(78)37-27-38-70(51-61(74)31-23-25-35-66(79)84-55-57(9-3)10-4)52-62(75)32-24-26-36-67(80)85-56-58(11-5)12-6/h57-62,72-75H,7-56H2,1-6H3. The molecule has 4 N–H and O–H groups in total. The zero-order valence-electron chi connectivity index (χ0n) is 55.8. The first kappa shape index (κ1) is 82.7. The molecular weight excluding hydrogens is 1150 g/mol. The van der Waals surface area contributed by atoms with Gasteiger partial charge in [0.05, 0.1) is 50.8 Å². The van der Waals surface area contributed by atoms with Crippen molar-refractivity contribution in [1.82, 2.24) is 19.6 Å². The smallest absolute Gasteiger partial charge is 0.305 e. The molecule has 4 unspecified atom stereocenters. The van der Waals surface area contributed by atoms with Crippen molar-refractivity contribution in [2.45, 2.75) is 265 Å². The predicted octanol–water partition coefficient (Wildman–Crippen LogP) is 11.2. The summed E-state index contributed by atoms with van der Waals surface area (Å²) in [6.45, 7) is 23.3. The van der Waals surface area contributed by atoms with Crippen LogP contribution >= 0.6 is 21.6 Å². The van der Waals surface area contributed by atoms with Gasteiger partial charge in [-0.15, -0.1) is 0 Å². The average molecular weight is 1280 g/mol. The largest absolute Gasteiger partial charge is 0.466 e. The fourth-order valence-corrected chi connectivity index (χ4v) is 12.6. The minimum absolute atomic E-state index is 0.121. The molecule has 1 saturated heterocycles. The topological polar surface area (TPSA) is 225 Å². The van der Waals surface area contributed by atoms with E-state index in [1.807, 2.05) is 26.5 Å². The number of carbonyl (C=O) groups excluding carboxylic acids is 5. The Balaban J connectivity index is 2.49. The van der Waals surface area contributed by atoms with Crippen LogP contribution in [0.15, 0.2) is 0 Å². The van der Waals surface area contributed by atoms with Gasteiger partial charge in [-0.25, -0.2) is 0 Å². The second-order valence-electron chi connectivity index (χ2n) is 24.4. The maximum absolute atomic E-state index is 12.9. The molecule has 0 aromatic rings. The number of ether oxygens (including phenoxy) is 5. The van der Waals surface area contributed by atoms with Gasteiger partial charge in [0.2, 0.25) is 0 Å². The number of esters is 5. The summed E-state index contributed by atoms with van der Waals surface area (Å²) in [6.07, 6.45) is 20.9. The second-order valence-corrected chi connectivity index (χ2v) is 27.1. The van der Waals surface area contributed by atoms with Crippen LogP contribution in [0.2, 0.25) is 0 Å². The summed E-state index contributed by atoms with van der Waals surface area (Å²) in [7, 11) is 3.77. The molecule has 0 aromatic carbocycles. The minimum Gasteiger partial charge on any atom is -0.466 e. The highest BCUT2D eigenvalue weighted by Gasteiger charge is 2.21. The van der Waals surface area contributed by atoms with E-state index in [9.17, 15) is 44.4 Å². The van der Waals surface area contributed by atoms with E-state index >= 15 is 0 Å². The molecule has 0 spiro atoms. The lowest BCUT2D eigenvalue weighted by Crippen LogP contribution is -2.47. The van der Waals surface area contributed by atoms with Gasteiger partial charge in [0, 0.05) is 109 Å². The average Bonchev–Trinajstić information content (AvgIpc) is 3.64. The molecule has 512 valence electrons. The molecule has 0 radical (unpaired) electrons. The molecule has 18 nitrogen and oxygen atoms in total. The molecular formula is C67H128N4O14S2. The number of carbonyl (C=O) groups is 5. The van der Waals surface area contributed by atoms with E-state index in [2.05, 4.69) is 56.2 Å². The number of hydrogen-bond acceptors (Lipinski definition) is 20. The van der Waals surface area contributed by atoms with Crippen LogP contribution < -0.4 is 0 Å². The number of nitrogens with zero attached hydrogens (tertiary/aromatic N) is 4. The van der Waals surface area contributed by atoms with E-state index in [-0.39, 0.29) is 36.3 Å². The molecule has 1 aliphatic rings. The van der Waals surface area contributed by atoms with Crippen LogP contribution in [0.4, 0.5) is 0 Å². The number of hydrogen-bond donors (Lipinski definition) is 4. The Morgan fingerprint density at radius 3 is 1.10 bits per heavy atom. The van der Waals surface area contributed by atoms with Gasteiger partial charge in [0.1, 0.15) is 6.61 Å². The Kier molecular flexibility index (Phi) is 54.8. The van der Waals surface area contributed by atoms with Crippen molar-refractivity contribution in [3.63, 3.8) is 0 Å². The number of piperazine rings is 1. The summed E-state index contributed by atoms with van der Waals surface area (Å²) in [5, 5.41) is 44.2. The molecule has 0 amide bonds. The van der Waals surface area contributed by atoms with Gasteiger partial charge in [0.15, 0.2) is 0 Å². The predicted molar refractivity (Wildman–Crippen MR) is 354 cm³/mol. The van der Waals surface area contributed by atoms with Gasteiger partial charge in [-0.2, -0.15) is 0 Å². The van der Waals surface area contributed by atoms with Gasteiger partial charge < -0.3 is 44.1 Å². The van der Waals surface area contributed by atoms with Crippen LogP contribution in [0.25, 0.3) is 0 Å². The van der Waals surface area contributed by atoms with E-state index in [1.165, 1.54) is 0 Å². The number of aliphatic hydroxyl groups is 4. The highest BCUT2D eigenvalue weighted by atomic mass is 33.1. The first-order valence-electron chi connectivity index (χ1n) is 34.8. The summed E-state index contributed by atoms with van der Waals surface area (Å²) in [5.74, 6) is 1.86. The third-order valence-corrected chi connectivity index (χ3v) is 19.1. The molecule has 1 aliphatic heterocycles. The Morgan fingerprint density at radius 1 is 0.379 bits per heavy atom. The molecule has 0 aliphatic carbocycles. The normalized spacial score (nSPS) is 14.6. The van der Waals surface area contributed by atoms with Crippen molar-refractivity contribution in [2.24, 2.45) is 11.8 Å². The zero-order valence-corrected chi connectivity index (χ0v) is 57.4. The van der Waals surface area contributed by atoms with Gasteiger partial charge in [-0.3, -0.25) is 43.6 Å². The maximum atomic E-state index is 12.9. The highest BCUT2D eigenvalue weighted by Crippen LogP contribution is 2.23. The van der Waals surface area contributed by atoms with Crippen LogP contribution in [-0.4, -0.2) is 217 Å². The van der Waals surface area contributed by atoms with E-state index in [1.54, 1.807) is 0 Å². The van der Waals surface area contributed by atoms with Gasteiger partial charge in [0.25, 0.3) is 0 Å². The van der Waals surface area contributed by atoms with Crippen LogP contribution in [0, 0.1) is 11.8 Å². The Bertz CT molecular complexity index is 1580. The minimum atomic E-state index is -0.653. The molecule has 1 heterocycles. The Labute approximate surface area is 536 Å². The molecule has 0 saturated carbocycles. The van der Waals surface area contributed by atoms with Crippen molar-refractivity contribution < 1.29 is 68.1 Å². The molecule has 0 aromatic heterocycles. The SMILES string of the molecule is CCCCOC(=O)CCCCCCC(O)CN(CCCSSCCN1CCN(CCOC(=O)CCCN(CC(O)CCCCC(=O)OCC(CC)CC)CC(O)CCCCC(=O)OCC(CC)CC)CC1)CC(O)CCCCCCC(=O)OCCCC. The third-order valence-electron chi connectivity index (χ3n) is 16.6.